The predicted octanol–water partition coefficient (Wildman–Crippen LogP) is 0.588. The van der Waals surface area contributed by atoms with Crippen LogP contribution < -0.4 is 10.5 Å². The zero-order valence-corrected chi connectivity index (χ0v) is 15.4. The molecule has 2 heterocycles. The Morgan fingerprint density at radius 2 is 2.00 bits per heavy atom. The summed E-state index contributed by atoms with van der Waals surface area (Å²) >= 11 is 0. The monoisotopic (exact) mass is 377 g/mol. The zero-order valence-electron chi connectivity index (χ0n) is 15.4. The van der Waals surface area contributed by atoms with E-state index in [-0.39, 0.29) is 25.0 Å². The molecule has 0 saturated carbocycles. The number of rotatable bonds is 7. The summed E-state index contributed by atoms with van der Waals surface area (Å²) in [5, 5.41) is 9.54. The third-order valence-corrected chi connectivity index (χ3v) is 5.12. The molecular weight excluding hydrogens is 350 g/mol. The summed E-state index contributed by atoms with van der Waals surface area (Å²) < 4.78 is 11.3. The van der Waals surface area contributed by atoms with Gasteiger partial charge in [-0.25, -0.2) is 4.79 Å². The van der Waals surface area contributed by atoms with Crippen LogP contribution in [0.2, 0.25) is 0 Å². The number of likely N-dealkylation sites (tertiary alicyclic amines) is 1. The van der Waals surface area contributed by atoms with Gasteiger partial charge in [-0.15, -0.1) is 0 Å². The Balaban J connectivity index is 1.45. The van der Waals surface area contributed by atoms with Crippen LogP contribution in [0.3, 0.4) is 0 Å². The third kappa shape index (κ3) is 4.90. The Morgan fingerprint density at radius 3 is 2.67 bits per heavy atom. The molecule has 1 aromatic rings. The van der Waals surface area contributed by atoms with E-state index in [4.69, 9.17) is 15.2 Å². The predicted molar refractivity (Wildman–Crippen MR) is 98.2 cm³/mol. The number of hydrogen-bond donors (Lipinski definition) is 2. The van der Waals surface area contributed by atoms with Crippen molar-refractivity contribution < 1.29 is 24.2 Å². The van der Waals surface area contributed by atoms with Crippen LogP contribution in [0, 0.1) is 0 Å². The topological polar surface area (TPSA) is 105 Å². The number of aliphatic hydroxyl groups excluding tert-OH is 1. The van der Waals surface area contributed by atoms with Crippen LogP contribution in [-0.2, 0) is 9.53 Å². The van der Waals surface area contributed by atoms with Gasteiger partial charge in [-0.3, -0.25) is 4.79 Å². The number of aliphatic hydroxyl groups is 1. The molecule has 0 aliphatic carbocycles. The molecule has 148 valence electrons. The van der Waals surface area contributed by atoms with Gasteiger partial charge in [0, 0.05) is 32.5 Å². The van der Waals surface area contributed by atoms with Gasteiger partial charge in [0.25, 0.3) is 0 Å². The van der Waals surface area contributed by atoms with Gasteiger partial charge in [-0.05, 0) is 12.1 Å². The van der Waals surface area contributed by atoms with Crippen LogP contribution in [-0.4, -0.2) is 77.9 Å². The Labute approximate surface area is 158 Å². The van der Waals surface area contributed by atoms with Crippen molar-refractivity contribution in [1.29, 1.82) is 0 Å². The maximum Gasteiger partial charge on any atom is 0.410 e. The van der Waals surface area contributed by atoms with Crippen molar-refractivity contribution in [2.24, 2.45) is 5.73 Å². The number of nitrogens with two attached hydrogens (primary N) is 1. The van der Waals surface area contributed by atoms with Gasteiger partial charge in [0.1, 0.15) is 18.0 Å². The Bertz CT molecular complexity index is 646. The van der Waals surface area contributed by atoms with Crippen LogP contribution in [0.1, 0.15) is 19.3 Å². The van der Waals surface area contributed by atoms with E-state index in [2.05, 4.69) is 0 Å². The summed E-state index contributed by atoms with van der Waals surface area (Å²) in [7, 11) is 0. The molecule has 8 heteroatoms. The number of benzene rings is 1. The number of hydrogen-bond acceptors (Lipinski definition) is 6. The molecule has 0 radical (unpaired) electrons. The fourth-order valence-corrected chi connectivity index (χ4v) is 3.49. The van der Waals surface area contributed by atoms with E-state index < -0.39 is 11.7 Å². The largest absolute Gasteiger partial charge is 0.492 e. The van der Waals surface area contributed by atoms with Crippen molar-refractivity contribution in [3.05, 3.63) is 30.3 Å². The molecular formula is C19H27N3O5. The van der Waals surface area contributed by atoms with Gasteiger partial charge < -0.3 is 30.1 Å². The van der Waals surface area contributed by atoms with Gasteiger partial charge >= 0.3 is 6.09 Å². The van der Waals surface area contributed by atoms with E-state index in [1.807, 2.05) is 30.3 Å². The highest BCUT2D eigenvalue weighted by Crippen LogP contribution is 2.33. The maximum absolute atomic E-state index is 12.2. The first-order valence-corrected chi connectivity index (χ1v) is 9.33. The molecule has 2 aliphatic rings. The highest BCUT2D eigenvalue weighted by molar-refractivity contribution is 5.77. The molecule has 27 heavy (non-hydrogen) atoms. The van der Waals surface area contributed by atoms with Crippen LogP contribution in [0.5, 0.6) is 5.75 Å². The Hall–Kier alpha value is -2.32. The van der Waals surface area contributed by atoms with Crippen molar-refractivity contribution >= 4 is 12.0 Å². The quantitative estimate of drug-likeness (QED) is 0.720. The lowest BCUT2D eigenvalue weighted by Gasteiger charge is -2.37. The molecule has 0 aromatic heterocycles. The minimum atomic E-state index is -0.808. The molecule has 3 N–H and O–H groups in total. The first kappa shape index (κ1) is 19.4. The van der Waals surface area contributed by atoms with E-state index >= 15 is 0 Å². The third-order valence-electron chi connectivity index (χ3n) is 5.12. The molecule has 2 amide bonds. The number of ether oxygens (including phenoxy) is 2. The summed E-state index contributed by atoms with van der Waals surface area (Å²) in [5.41, 5.74) is 4.82. The van der Waals surface area contributed by atoms with Crippen molar-refractivity contribution in [1.82, 2.24) is 9.80 Å². The molecule has 8 nitrogen and oxygen atoms in total. The van der Waals surface area contributed by atoms with Crippen LogP contribution in [0.4, 0.5) is 4.79 Å². The summed E-state index contributed by atoms with van der Waals surface area (Å²) in [4.78, 5) is 27.7. The van der Waals surface area contributed by atoms with Crippen molar-refractivity contribution in [2.45, 2.75) is 31.0 Å². The van der Waals surface area contributed by atoms with Gasteiger partial charge in [0.15, 0.2) is 0 Å². The second-order valence-electron chi connectivity index (χ2n) is 7.11. The number of piperidine rings is 1. The molecule has 1 spiro atoms. The van der Waals surface area contributed by atoms with Crippen molar-refractivity contribution in [2.75, 3.05) is 39.3 Å². The lowest BCUT2D eigenvalue weighted by Crippen LogP contribution is -2.49. The molecule has 2 aliphatic heterocycles. The fraction of sp³-hybridized carbons (Fsp3) is 0.579. The van der Waals surface area contributed by atoms with Gasteiger partial charge in [-0.1, -0.05) is 18.2 Å². The SMILES string of the molecule is NC[C@@H](O)CC(=O)N1CCC2(CC1)CN(CCOc1ccccc1)C(=O)O2. The number of carbonyl (C=O) groups excluding carboxylic acids is 2. The molecule has 3 rings (SSSR count). The zero-order chi connectivity index (χ0) is 19.3. The van der Waals surface area contributed by atoms with Crippen molar-refractivity contribution in [3.8, 4) is 5.75 Å². The van der Waals surface area contributed by atoms with Gasteiger partial charge in [0.05, 0.1) is 25.6 Å². The van der Waals surface area contributed by atoms with Gasteiger partial charge in [-0.2, -0.15) is 0 Å². The highest BCUT2D eigenvalue weighted by Gasteiger charge is 2.47. The summed E-state index contributed by atoms with van der Waals surface area (Å²) in [5.74, 6) is 0.659. The average molecular weight is 377 g/mol. The summed E-state index contributed by atoms with van der Waals surface area (Å²) in [6.07, 6.45) is 0.0906. The maximum atomic E-state index is 12.2. The van der Waals surface area contributed by atoms with Crippen LogP contribution >= 0.6 is 0 Å². The summed E-state index contributed by atoms with van der Waals surface area (Å²) in [6, 6.07) is 9.46. The van der Waals surface area contributed by atoms with Crippen molar-refractivity contribution in [3.63, 3.8) is 0 Å². The number of nitrogens with zero attached hydrogens (tertiary/aromatic N) is 2. The number of amides is 2. The molecule has 0 unspecified atom stereocenters. The normalized spacial score (nSPS) is 19.9. The van der Waals surface area contributed by atoms with E-state index in [9.17, 15) is 14.7 Å². The Kier molecular flexibility index (Phi) is 6.18. The molecule has 2 fully saturated rings. The minimum Gasteiger partial charge on any atom is -0.492 e. The Morgan fingerprint density at radius 1 is 1.30 bits per heavy atom. The van der Waals surface area contributed by atoms with E-state index in [1.165, 1.54) is 0 Å². The van der Waals surface area contributed by atoms with E-state index in [1.54, 1.807) is 9.80 Å². The van der Waals surface area contributed by atoms with Gasteiger partial charge in [0.2, 0.25) is 5.91 Å². The number of para-hydroxylation sites is 1. The molecule has 1 aromatic carbocycles. The number of carbonyl (C=O) groups is 2. The first-order chi connectivity index (χ1) is 13.0. The second kappa shape index (κ2) is 8.58. The lowest BCUT2D eigenvalue weighted by molar-refractivity contribution is -0.136. The van der Waals surface area contributed by atoms with E-state index in [0.29, 0.717) is 45.6 Å². The molecule has 0 bridgehead atoms. The van der Waals surface area contributed by atoms with Crippen LogP contribution in [0.25, 0.3) is 0 Å². The fourth-order valence-electron chi connectivity index (χ4n) is 3.49. The standard InChI is InChI=1S/C19H27N3O5/c20-13-15(23)12-17(24)21-8-6-19(7-9-21)14-22(18(25)27-19)10-11-26-16-4-2-1-3-5-16/h1-5,15,23H,6-14,20H2/t15-/m0/s1. The summed E-state index contributed by atoms with van der Waals surface area (Å²) in [6.45, 7) is 2.46. The molecule has 1 atom stereocenters. The van der Waals surface area contributed by atoms with Crippen LogP contribution in [0.15, 0.2) is 30.3 Å². The second-order valence-corrected chi connectivity index (χ2v) is 7.11. The average Bonchev–Trinajstić information content (AvgIpc) is 2.98. The minimum absolute atomic E-state index is 0.0340. The smallest absolute Gasteiger partial charge is 0.410 e. The first-order valence-electron chi connectivity index (χ1n) is 9.33. The lowest BCUT2D eigenvalue weighted by atomic mass is 9.91. The highest BCUT2D eigenvalue weighted by atomic mass is 16.6. The van der Waals surface area contributed by atoms with E-state index in [0.717, 1.165) is 5.75 Å². The molecule has 2 saturated heterocycles.